The van der Waals surface area contributed by atoms with Crippen molar-refractivity contribution in [2.45, 2.75) is 26.8 Å². The maximum absolute atomic E-state index is 11.1. The van der Waals surface area contributed by atoms with Crippen molar-refractivity contribution in [3.05, 3.63) is 0 Å². The van der Waals surface area contributed by atoms with Crippen molar-refractivity contribution in [3.63, 3.8) is 0 Å². The lowest BCUT2D eigenvalue weighted by atomic mass is 10.3. The Kier molecular flexibility index (Phi) is 9.96. The lowest BCUT2D eigenvalue weighted by Gasteiger charge is -2.13. The Morgan fingerprint density at radius 1 is 1.14 bits per heavy atom. The second-order valence-electron chi connectivity index (χ2n) is 2.81. The molecule has 14 heavy (non-hydrogen) atoms. The summed E-state index contributed by atoms with van der Waals surface area (Å²) in [6, 6.07) is 0.151. The van der Waals surface area contributed by atoms with E-state index >= 15 is 0 Å². The van der Waals surface area contributed by atoms with Crippen LogP contribution in [-0.4, -0.2) is 34.1 Å². The van der Waals surface area contributed by atoms with Gasteiger partial charge in [-0.2, -0.15) is 8.42 Å². The van der Waals surface area contributed by atoms with E-state index in [0.29, 0.717) is 13.1 Å². The molecule has 7 heteroatoms. The van der Waals surface area contributed by atoms with E-state index in [1.807, 2.05) is 13.8 Å². The molecule has 0 aliphatic carbocycles. The summed E-state index contributed by atoms with van der Waals surface area (Å²) in [5.41, 5.74) is 0. The Balaban J connectivity index is 0. The third-order valence-corrected chi connectivity index (χ3v) is 2.68. The molecule has 0 aliphatic heterocycles. The van der Waals surface area contributed by atoms with Crippen LogP contribution in [0.25, 0.3) is 0 Å². The molecule has 3 N–H and O–H groups in total. The first-order chi connectivity index (χ1) is 6.02. The molecule has 5 nitrogen and oxygen atoms in total. The van der Waals surface area contributed by atoms with Gasteiger partial charge in [0, 0.05) is 19.1 Å². The van der Waals surface area contributed by atoms with Crippen LogP contribution in [0.2, 0.25) is 0 Å². The topological polar surface area (TPSA) is 70.2 Å². The largest absolute Gasteiger partial charge is 0.313 e. The number of halogens is 1. The summed E-state index contributed by atoms with van der Waals surface area (Å²) in [6.45, 7) is 7.30. The fourth-order valence-electron chi connectivity index (χ4n) is 0.896. The van der Waals surface area contributed by atoms with Gasteiger partial charge in [0.25, 0.3) is 10.2 Å². The Labute approximate surface area is 92.6 Å². The van der Waals surface area contributed by atoms with Crippen LogP contribution in [-0.2, 0) is 10.2 Å². The van der Waals surface area contributed by atoms with Gasteiger partial charge in [-0.1, -0.05) is 13.8 Å². The van der Waals surface area contributed by atoms with Crippen molar-refractivity contribution in [2.75, 3.05) is 19.6 Å². The summed E-state index contributed by atoms with van der Waals surface area (Å²) in [7, 11) is -3.29. The average molecular weight is 246 g/mol. The summed E-state index contributed by atoms with van der Waals surface area (Å²) in [5.74, 6) is 0. The molecule has 0 rings (SSSR count). The van der Waals surface area contributed by atoms with Gasteiger partial charge in [-0.25, -0.2) is 9.44 Å². The second kappa shape index (κ2) is 8.43. The minimum Gasteiger partial charge on any atom is -0.313 e. The molecule has 0 amide bonds. The van der Waals surface area contributed by atoms with Crippen molar-refractivity contribution in [3.8, 4) is 0 Å². The molecular weight excluding hydrogens is 226 g/mol. The van der Waals surface area contributed by atoms with Crippen LogP contribution in [0.4, 0.5) is 0 Å². The highest BCUT2D eigenvalue weighted by Crippen LogP contribution is 1.81. The van der Waals surface area contributed by atoms with Gasteiger partial charge in [0.15, 0.2) is 0 Å². The molecule has 0 unspecified atom stereocenters. The molecule has 0 fully saturated rings. The lowest BCUT2D eigenvalue weighted by molar-refractivity contribution is 0.530. The molecule has 0 aliphatic rings. The van der Waals surface area contributed by atoms with Crippen LogP contribution in [0.1, 0.15) is 20.8 Å². The van der Waals surface area contributed by atoms with Gasteiger partial charge in [0.1, 0.15) is 0 Å². The van der Waals surface area contributed by atoms with E-state index in [0.717, 1.165) is 6.54 Å². The Morgan fingerprint density at radius 3 is 2.14 bits per heavy atom. The SMILES string of the molecule is CCN[C@H](C)CNS(=O)(=O)NCC.Cl. The zero-order valence-electron chi connectivity index (χ0n) is 8.83. The Hall–Kier alpha value is 0.120. The highest BCUT2D eigenvalue weighted by atomic mass is 35.5. The van der Waals surface area contributed by atoms with E-state index in [9.17, 15) is 8.42 Å². The Bertz CT molecular complexity index is 221. The van der Waals surface area contributed by atoms with Crippen LogP contribution >= 0.6 is 12.4 Å². The van der Waals surface area contributed by atoms with Gasteiger partial charge < -0.3 is 5.32 Å². The van der Waals surface area contributed by atoms with Gasteiger partial charge in [-0.15, -0.1) is 12.4 Å². The minimum atomic E-state index is -3.29. The Morgan fingerprint density at radius 2 is 1.71 bits per heavy atom. The predicted molar refractivity (Wildman–Crippen MR) is 61.0 cm³/mol. The molecule has 0 aromatic carbocycles. The smallest absolute Gasteiger partial charge is 0.276 e. The lowest BCUT2D eigenvalue weighted by Crippen LogP contribution is -2.43. The zero-order chi connectivity index (χ0) is 10.3. The van der Waals surface area contributed by atoms with Crippen LogP contribution in [0, 0.1) is 0 Å². The van der Waals surface area contributed by atoms with E-state index in [1.54, 1.807) is 6.92 Å². The highest BCUT2D eigenvalue weighted by Gasteiger charge is 2.08. The molecule has 0 heterocycles. The summed E-state index contributed by atoms with van der Waals surface area (Å²) in [5, 5.41) is 3.11. The first-order valence-electron chi connectivity index (χ1n) is 4.49. The molecule has 0 spiro atoms. The molecule has 0 radical (unpaired) electrons. The van der Waals surface area contributed by atoms with Gasteiger partial charge >= 0.3 is 0 Å². The molecule has 0 saturated carbocycles. The fourth-order valence-corrected chi connectivity index (χ4v) is 1.85. The molecule has 0 bridgehead atoms. The minimum absolute atomic E-state index is 0. The maximum Gasteiger partial charge on any atom is 0.276 e. The molecule has 88 valence electrons. The second-order valence-corrected chi connectivity index (χ2v) is 4.39. The van der Waals surface area contributed by atoms with Crippen LogP contribution in [0.5, 0.6) is 0 Å². The molecule has 1 atom stereocenters. The normalized spacial score (nSPS) is 13.4. The van der Waals surface area contributed by atoms with Crippen molar-refractivity contribution in [1.82, 2.24) is 14.8 Å². The number of nitrogens with one attached hydrogen (secondary N) is 3. The van der Waals surface area contributed by atoms with Crippen LogP contribution in [0.15, 0.2) is 0 Å². The van der Waals surface area contributed by atoms with Crippen LogP contribution < -0.4 is 14.8 Å². The van der Waals surface area contributed by atoms with Gasteiger partial charge in [0.05, 0.1) is 0 Å². The van der Waals surface area contributed by atoms with E-state index in [-0.39, 0.29) is 18.4 Å². The first-order valence-corrected chi connectivity index (χ1v) is 5.97. The number of likely N-dealkylation sites (N-methyl/N-ethyl adjacent to an activating group) is 1. The highest BCUT2D eigenvalue weighted by molar-refractivity contribution is 7.87. The average Bonchev–Trinajstić information content (AvgIpc) is 2.02. The van der Waals surface area contributed by atoms with E-state index in [4.69, 9.17) is 0 Å². The van der Waals surface area contributed by atoms with Crippen molar-refractivity contribution < 1.29 is 8.42 Å². The van der Waals surface area contributed by atoms with E-state index < -0.39 is 10.2 Å². The summed E-state index contributed by atoms with van der Waals surface area (Å²) in [4.78, 5) is 0. The maximum atomic E-state index is 11.1. The third-order valence-electron chi connectivity index (χ3n) is 1.47. The van der Waals surface area contributed by atoms with Gasteiger partial charge in [-0.3, -0.25) is 0 Å². The van der Waals surface area contributed by atoms with Crippen LogP contribution in [0.3, 0.4) is 0 Å². The predicted octanol–water partition coefficient (Wildman–Crippen LogP) is -0.150. The van der Waals surface area contributed by atoms with Gasteiger partial charge in [-0.05, 0) is 13.5 Å². The standard InChI is InChI=1S/C7H19N3O2S.ClH/c1-4-8-7(3)6-10-13(11,12)9-5-2;/h7-10H,4-6H2,1-3H3;1H/t7-;/m1./s1. The number of hydrogen-bond acceptors (Lipinski definition) is 3. The molecule has 0 aromatic heterocycles. The van der Waals surface area contributed by atoms with Crippen molar-refractivity contribution >= 4 is 22.6 Å². The zero-order valence-corrected chi connectivity index (χ0v) is 10.5. The van der Waals surface area contributed by atoms with Crippen molar-refractivity contribution in [1.29, 1.82) is 0 Å². The van der Waals surface area contributed by atoms with Gasteiger partial charge in [0.2, 0.25) is 0 Å². The summed E-state index contributed by atoms with van der Waals surface area (Å²) >= 11 is 0. The summed E-state index contributed by atoms with van der Waals surface area (Å²) in [6.07, 6.45) is 0. The van der Waals surface area contributed by atoms with Crippen molar-refractivity contribution in [2.24, 2.45) is 0 Å². The third kappa shape index (κ3) is 8.71. The molecular formula is C7H20ClN3O2S. The summed E-state index contributed by atoms with van der Waals surface area (Å²) < 4.78 is 27.0. The molecule has 0 aromatic rings. The first kappa shape index (κ1) is 16.5. The molecule has 0 saturated heterocycles. The fraction of sp³-hybridized carbons (Fsp3) is 1.00. The van der Waals surface area contributed by atoms with E-state index in [1.165, 1.54) is 0 Å². The number of hydrogen-bond donors (Lipinski definition) is 3. The quantitative estimate of drug-likeness (QED) is 0.584. The van der Waals surface area contributed by atoms with E-state index in [2.05, 4.69) is 14.8 Å². The number of rotatable bonds is 7. The monoisotopic (exact) mass is 245 g/mol.